The molecule has 0 saturated carbocycles. The summed E-state index contributed by atoms with van der Waals surface area (Å²) in [6, 6.07) is 12.3. The van der Waals surface area contributed by atoms with E-state index in [2.05, 4.69) is 10.5 Å². The zero-order valence-corrected chi connectivity index (χ0v) is 18.1. The first-order valence-corrected chi connectivity index (χ1v) is 10.5. The fourth-order valence-electron chi connectivity index (χ4n) is 3.31. The van der Waals surface area contributed by atoms with Gasteiger partial charge in [-0.05, 0) is 50.1 Å². The summed E-state index contributed by atoms with van der Waals surface area (Å²) in [6.07, 6.45) is 2.70. The quantitative estimate of drug-likeness (QED) is 0.526. The summed E-state index contributed by atoms with van der Waals surface area (Å²) in [4.78, 5) is 26.8. The molecule has 2 amide bonds. The Hall–Kier alpha value is -2.57. The molecule has 1 saturated heterocycles. The fraction of sp³-hybridized carbons (Fsp3) is 0.318. The van der Waals surface area contributed by atoms with Crippen molar-refractivity contribution in [2.75, 3.05) is 19.7 Å². The number of amides is 2. The minimum Gasteiger partial charge on any atom is -0.493 e. The number of ether oxygens (including phenoxy) is 1. The maximum Gasteiger partial charge on any atom is 0.255 e. The van der Waals surface area contributed by atoms with E-state index in [4.69, 9.17) is 27.9 Å². The van der Waals surface area contributed by atoms with Crippen molar-refractivity contribution in [1.29, 1.82) is 0 Å². The number of nitrogens with one attached hydrogen (secondary N) is 1. The van der Waals surface area contributed by atoms with E-state index in [1.165, 1.54) is 0 Å². The van der Waals surface area contributed by atoms with E-state index in [1.807, 2.05) is 31.2 Å². The van der Waals surface area contributed by atoms with Gasteiger partial charge in [-0.1, -0.05) is 35.3 Å². The van der Waals surface area contributed by atoms with E-state index in [1.54, 1.807) is 29.3 Å². The molecule has 1 fully saturated rings. The highest BCUT2D eigenvalue weighted by Gasteiger charge is 2.28. The molecule has 0 atom stereocenters. The molecule has 0 spiro atoms. The topological polar surface area (TPSA) is 71.0 Å². The van der Waals surface area contributed by atoms with Gasteiger partial charge in [-0.2, -0.15) is 5.10 Å². The summed E-state index contributed by atoms with van der Waals surface area (Å²) in [6.45, 7) is 3.42. The number of para-hydroxylation sites is 1. The Bertz CT molecular complexity index is 941. The van der Waals surface area contributed by atoms with Crippen LogP contribution in [0.4, 0.5) is 0 Å². The molecule has 1 aliphatic rings. The molecule has 1 N–H and O–H groups in total. The predicted octanol–water partition coefficient (Wildman–Crippen LogP) is 4.39. The molecule has 2 aromatic carbocycles. The number of benzene rings is 2. The van der Waals surface area contributed by atoms with E-state index in [9.17, 15) is 9.59 Å². The van der Waals surface area contributed by atoms with Gasteiger partial charge < -0.3 is 9.64 Å². The number of hydrogen-bond acceptors (Lipinski definition) is 4. The minimum atomic E-state index is -0.200. The molecule has 3 rings (SSSR count). The Morgan fingerprint density at radius 3 is 2.63 bits per heavy atom. The van der Waals surface area contributed by atoms with Crippen LogP contribution in [0.25, 0.3) is 0 Å². The molecule has 8 heteroatoms. The number of halogens is 2. The smallest absolute Gasteiger partial charge is 0.255 e. The Morgan fingerprint density at radius 2 is 1.93 bits per heavy atom. The highest BCUT2D eigenvalue weighted by atomic mass is 35.5. The van der Waals surface area contributed by atoms with Crippen molar-refractivity contribution >= 4 is 41.2 Å². The molecule has 158 valence electrons. The predicted molar refractivity (Wildman–Crippen MR) is 118 cm³/mol. The zero-order chi connectivity index (χ0) is 21.5. The lowest BCUT2D eigenvalue weighted by molar-refractivity contribution is -0.126. The van der Waals surface area contributed by atoms with Crippen molar-refractivity contribution in [3.05, 3.63) is 63.6 Å². The lowest BCUT2D eigenvalue weighted by Gasteiger charge is -2.31. The number of carbonyl (C=O) groups excluding carboxylic acids is 2. The van der Waals surface area contributed by atoms with Crippen molar-refractivity contribution < 1.29 is 14.3 Å². The van der Waals surface area contributed by atoms with Gasteiger partial charge in [-0.15, -0.1) is 0 Å². The maximum atomic E-state index is 12.7. The van der Waals surface area contributed by atoms with Crippen LogP contribution >= 0.6 is 23.2 Å². The molecular weight excluding hydrogens is 425 g/mol. The molecule has 0 bridgehead atoms. The van der Waals surface area contributed by atoms with Crippen molar-refractivity contribution in [1.82, 2.24) is 10.3 Å². The number of nitrogens with zero attached hydrogens (tertiary/aromatic N) is 2. The second-order valence-corrected chi connectivity index (χ2v) is 7.74. The molecule has 0 aliphatic carbocycles. The summed E-state index contributed by atoms with van der Waals surface area (Å²) >= 11 is 12.0. The first kappa shape index (κ1) is 22.1. The molecule has 2 aromatic rings. The molecule has 0 unspecified atom stereocenters. The van der Waals surface area contributed by atoms with E-state index < -0.39 is 0 Å². The van der Waals surface area contributed by atoms with Gasteiger partial charge in [0.05, 0.1) is 23.4 Å². The molecule has 1 heterocycles. The highest BCUT2D eigenvalue weighted by molar-refractivity contribution is 6.36. The summed E-state index contributed by atoms with van der Waals surface area (Å²) < 4.78 is 5.54. The number of rotatable bonds is 6. The number of likely N-dealkylation sites (tertiary alicyclic amines) is 1. The number of hydrazone groups is 1. The highest BCUT2D eigenvalue weighted by Crippen LogP contribution is 2.25. The average molecular weight is 448 g/mol. The van der Waals surface area contributed by atoms with Gasteiger partial charge in [0.15, 0.2) is 0 Å². The third kappa shape index (κ3) is 5.52. The van der Waals surface area contributed by atoms with E-state index >= 15 is 0 Å². The monoisotopic (exact) mass is 447 g/mol. The first-order valence-electron chi connectivity index (χ1n) is 9.78. The zero-order valence-electron chi connectivity index (χ0n) is 16.6. The summed E-state index contributed by atoms with van der Waals surface area (Å²) in [5, 5.41) is 4.88. The van der Waals surface area contributed by atoms with Gasteiger partial charge in [0, 0.05) is 29.6 Å². The molecular formula is C22H23Cl2N3O3. The lowest BCUT2D eigenvalue weighted by atomic mass is 9.95. The van der Waals surface area contributed by atoms with Crippen molar-refractivity contribution in [2.24, 2.45) is 11.0 Å². The second-order valence-electron chi connectivity index (χ2n) is 6.90. The molecule has 0 aromatic heterocycles. The summed E-state index contributed by atoms with van der Waals surface area (Å²) in [5.74, 6) is 0.206. The van der Waals surface area contributed by atoms with Crippen LogP contribution in [-0.2, 0) is 4.79 Å². The van der Waals surface area contributed by atoms with Crippen LogP contribution in [0.5, 0.6) is 5.75 Å². The van der Waals surface area contributed by atoms with Crippen molar-refractivity contribution in [3.8, 4) is 5.75 Å². The van der Waals surface area contributed by atoms with Gasteiger partial charge in [0.1, 0.15) is 5.75 Å². The van der Waals surface area contributed by atoms with Crippen molar-refractivity contribution in [2.45, 2.75) is 19.8 Å². The van der Waals surface area contributed by atoms with Gasteiger partial charge >= 0.3 is 0 Å². The average Bonchev–Trinajstić information content (AvgIpc) is 2.75. The Labute approximate surface area is 185 Å². The van der Waals surface area contributed by atoms with Crippen LogP contribution < -0.4 is 10.2 Å². The van der Waals surface area contributed by atoms with Crippen LogP contribution in [0.1, 0.15) is 35.7 Å². The van der Waals surface area contributed by atoms with Gasteiger partial charge in [0.2, 0.25) is 5.91 Å². The van der Waals surface area contributed by atoms with Gasteiger partial charge in [-0.25, -0.2) is 5.43 Å². The van der Waals surface area contributed by atoms with Crippen molar-refractivity contribution in [3.63, 3.8) is 0 Å². The minimum absolute atomic E-state index is 0.152. The van der Waals surface area contributed by atoms with Crippen LogP contribution in [-0.4, -0.2) is 42.6 Å². The normalized spacial score (nSPS) is 14.7. The first-order chi connectivity index (χ1) is 14.5. The molecule has 6 nitrogen and oxygen atoms in total. The van der Waals surface area contributed by atoms with Crippen LogP contribution in [0, 0.1) is 5.92 Å². The van der Waals surface area contributed by atoms with Crippen LogP contribution in [0.2, 0.25) is 10.0 Å². The van der Waals surface area contributed by atoms with E-state index in [0.717, 1.165) is 5.56 Å². The third-order valence-corrected chi connectivity index (χ3v) is 5.46. The number of hydrogen-bond donors (Lipinski definition) is 1. The Morgan fingerprint density at radius 1 is 1.20 bits per heavy atom. The fourth-order valence-corrected chi connectivity index (χ4v) is 3.80. The lowest BCUT2D eigenvalue weighted by Crippen LogP contribution is -2.42. The van der Waals surface area contributed by atoms with Crippen LogP contribution in [0.3, 0.4) is 0 Å². The Kier molecular flexibility index (Phi) is 7.71. The molecule has 30 heavy (non-hydrogen) atoms. The largest absolute Gasteiger partial charge is 0.493 e. The van der Waals surface area contributed by atoms with E-state index in [-0.39, 0.29) is 17.7 Å². The standard InChI is InChI=1S/C22H23Cl2N3O3/c1-2-30-20-6-4-3-5-16(20)14-25-26-21(28)15-9-11-27(12-10-15)22(29)18-8-7-17(23)13-19(18)24/h3-8,13-15H,2,9-12H2,1H3,(H,26,28)/b25-14-. The third-order valence-electron chi connectivity index (χ3n) is 4.91. The van der Waals surface area contributed by atoms with Gasteiger partial charge in [-0.3, -0.25) is 9.59 Å². The van der Waals surface area contributed by atoms with E-state index in [0.29, 0.717) is 53.9 Å². The summed E-state index contributed by atoms with van der Waals surface area (Å²) in [7, 11) is 0. The second kappa shape index (κ2) is 10.5. The number of carbonyl (C=O) groups is 2. The Balaban J connectivity index is 1.52. The number of piperidine rings is 1. The van der Waals surface area contributed by atoms with Gasteiger partial charge in [0.25, 0.3) is 5.91 Å². The maximum absolute atomic E-state index is 12.7. The molecule has 1 aliphatic heterocycles. The van der Waals surface area contributed by atoms with Crippen LogP contribution in [0.15, 0.2) is 47.6 Å². The SMILES string of the molecule is CCOc1ccccc1/C=N\NC(=O)C1CCN(C(=O)c2ccc(Cl)cc2Cl)CC1. The summed E-state index contributed by atoms with van der Waals surface area (Å²) in [5.41, 5.74) is 3.81. The molecule has 0 radical (unpaired) electrons.